The van der Waals surface area contributed by atoms with Crippen molar-refractivity contribution in [3.63, 3.8) is 0 Å². The predicted octanol–water partition coefficient (Wildman–Crippen LogP) is 1.41. The van der Waals surface area contributed by atoms with Gasteiger partial charge in [0.25, 0.3) is 0 Å². The Morgan fingerprint density at radius 2 is 1.96 bits per heavy atom. The van der Waals surface area contributed by atoms with Gasteiger partial charge in [-0.1, -0.05) is 28.1 Å². The van der Waals surface area contributed by atoms with E-state index >= 15 is 0 Å². The van der Waals surface area contributed by atoms with Crippen molar-refractivity contribution in [1.29, 1.82) is 0 Å². The fourth-order valence-electron chi connectivity index (χ4n) is 2.32. The third kappa shape index (κ3) is 4.78. The van der Waals surface area contributed by atoms with Crippen LogP contribution in [0.1, 0.15) is 24.8 Å². The molecular formula is C15H19BrN2O5S. The van der Waals surface area contributed by atoms with E-state index in [1.807, 2.05) is 29.0 Å². The summed E-state index contributed by atoms with van der Waals surface area (Å²) in [5, 5.41) is 0. The van der Waals surface area contributed by atoms with Crippen LogP contribution in [0, 0.1) is 5.92 Å². The first-order valence-electron chi connectivity index (χ1n) is 7.43. The Morgan fingerprint density at radius 3 is 2.54 bits per heavy atom. The van der Waals surface area contributed by atoms with Gasteiger partial charge < -0.3 is 4.74 Å². The van der Waals surface area contributed by atoms with E-state index in [1.54, 1.807) is 6.92 Å². The lowest BCUT2D eigenvalue weighted by molar-refractivity contribution is -0.143. The van der Waals surface area contributed by atoms with E-state index in [9.17, 15) is 18.0 Å². The minimum atomic E-state index is -4.06. The Hall–Kier alpha value is -1.45. The van der Waals surface area contributed by atoms with Crippen molar-refractivity contribution < 1.29 is 22.7 Å². The molecule has 0 aromatic heterocycles. The molecule has 2 atom stereocenters. The first kappa shape index (κ1) is 18.9. The zero-order valence-electron chi connectivity index (χ0n) is 13.4. The number of hydrogen-bond donors (Lipinski definition) is 1. The van der Waals surface area contributed by atoms with Crippen LogP contribution in [0.4, 0.5) is 0 Å². The Kier molecular flexibility index (Phi) is 6.00. The number of esters is 1. The molecule has 1 aromatic rings. The number of rotatable bonds is 7. The molecule has 9 heteroatoms. The highest BCUT2D eigenvalue weighted by molar-refractivity contribution is 9.10. The molecule has 1 N–H and O–H groups in total. The monoisotopic (exact) mass is 418 g/mol. The van der Waals surface area contributed by atoms with E-state index in [0.717, 1.165) is 14.3 Å². The Balaban J connectivity index is 1.92. The fraction of sp³-hybridized carbons (Fsp3) is 0.467. The second kappa shape index (κ2) is 7.62. The van der Waals surface area contributed by atoms with Crippen molar-refractivity contribution in [2.24, 2.45) is 5.92 Å². The van der Waals surface area contributed by atoms with Gasteiger partial charge in [-0.15, -0.1) is 0 Å². The van der Waals surface area contributed by atoms with Crippen LogP contribution in [-0.2, 0) is 24.5 Å². The summed E-state index contributed by atoms with van der Waals surface area (Å²) in [6.07, 6.45) is 0.602. The van der Waals surface area contributed by atoms with Crippen molar-refractivity contribution in [2.45, 2.75) is 19.3 Å². The molecule has 1 aliphatic carbocycles. The number of nitrogens with one attached hydrogen (secondary N) is 1. The fourth-order valence-corrected chi connectivity index (χ4v) is 3.42. The predicted molar refractivity (Wildman–Crippen MR) is 91.3 cm³/mol. The standard InChI is InChI=1S/C15H19BrN2O5S/c1-3-23-14(19)9-18(2)24(21,22)17-15(20)13-8-12(13)10-4-6-11(16)7-5-10/h4-7,12-13H,3,8-9H2,1-2H3,(H,17,20)/t12-,13+/m0/s1. The van der Waals surface area contributed by atoms with E-state index in [4.69, 9.17) is 4.74 Å². The summed E-state index contributed by atoms with van der Waals surface area (Å²) >= 11 is 3.34. The van der Waals surface area contributed by atoms with Crippen LogP contribution < -0.4 is 4.72 Å². The zero-order chi connectivity index (χ0) is 17.9. The third-order valence-corrected chi connectivity index (χ3v) is 5.66. The molecular weight excluding hydrogens is 400 g/mol. The largest absolute Gasteiger partial charge is 0.465 e. The average Bonchev–Trinajstić information content (AvgIpc) is 3.28. The topological polar surface area (TPSA) is 92.8 Å². The maximum Gasteiger partial charge on any atom is 0.321 e. The van der Waals surface area contributed by atoms with E-state index in [0.29, 0.717) is 6.42 Å². The van der Waals surface area contributed by atoms with E-state index in [2.05, 4.69) is 15.9 Å². The van der Waals surface area contributed by atoms with Crippen LogP contribution in [-0.4, -0.2) is 44.8 Å². The lowest BCUT2D eigenvalue weighted by atomic mass is 10.1. The minimum absolute atomic E-state index is 0.0173. The number of likely N-dealkylation sites (N-methyl/N-ethyl adjacent to an activating group) is 1. The average molecular weight is 419 g/mol. The molecule has 1 aliphatic rings. The Morgan fingerprint density at radius 1 is 1.33 bits per heavy atom. The van der Waals surface area contributed by atoms with Gasteiger partial charge in [-0.25, -0.2) is 4.72 Å². The summed E-state index contributed by atoms with van der Waals surface area (Å²) in [5.41, 5.74) is 0.996. The Bertz CT molecular complexity index is 720. The number of ether oxygens (including phenoxy) is 1. The molecule has 0 unspecified atom stereocenters. The van der Waals surface area contributed by atoms with Gasteiger partial charge in [0.2, 0.25) is 5.91 Å². The Labute approximate surface area is 149 Å². The van der Waals surface area contributed by atoms with Gasteiger partial charge in [-0.05, 0) is 37.0 Å². The molecule has 132 valence electrons. The molecule has 0 aliphatic heterocycles. The molecule has 0 bridgehead atoms. The highest BCUT2D eigenvalue weighted by atomic mass is 79.9. The molecule has 0 heterocycles. The van der Waals surface area contributed by atoms with Crippen molar-refractivity contribution in [1.82, 2.24) is 9.03 Å². The quantitative estimate of drug-likeness (QED) is 0.675. The van der Waals surface area contributed by atoms with E-state index < -0.39 is 28.6 Å². The highest BCUT2D eigenvalue weighted by Crippen LogP contribution is 2.47. The van der Waals surface area contributed by atoms with Crippen LogP contribution in [0.5, 0.6) is 0 Å². The third-order valence-electron chi connectivity index (χ3n) is 3.72. The number of carbonyl (C=O) groups is 2. The van der Waals surface area contributed by atoms with Crippen molar-refractivity contribution in [3.05, 3.63) is 34.3 Å². The number of nitrogens with zero attached hydrogens (tertiary/aromatic N) is 1. The van der Waals surface area contributed by atoms with Crippen LogP contribution in [0.2, 0.25) is 0 Å². The van der Waals surface area contributed by atoms with Crippen LogP contribution in [0.15, 0.2) is 28.7 Å². The lowest BCUT2D eigenvalue weighted by Gasteiger charge is -2.16. The maximum absolute atomic E-state index is 12.1. The molecule has 1 aromatic carbocycles. The van der Waals surface area contributed by atoms with Gasteiger partial charge in [0.05, 0.1) is 6.61 Å². The van der Waals surface area contributed by atoms with Gasteiger partial charge in [0, 0.05) is 17.4 Å². The van der Waals surface area contributed by atoms with Crippen molar-refractivity contribution >= 4 is 38.0 Å². The van der Waals surface area contributed by atoms with Crippen LogP contribution in [0.3, 0.4) is 0 Å². The van der Waals surface area contributed by atoms with Gasteiger partial charge >= 0.3 is 16.2 Å². The molecule has 0 spiro atoms. The molecule has 2 rings (SSSR count). The minimum Gasteiger partial charge on any atom is -0.465 e. The number of amides is 1. The lowest BCUT2D eigenvalue weighted by Crippen LogP contribution is -2.44. The van der Waals surface area contributed by atoms with Gasteiger partial charge in [-0.3, -0.25) is 9.59 Å². The summed E-state index contributed by atoms with van der Waals surface area (Å²) < 4.78 is 32.6. The summed E-state index contributed by atoms with van der Waals surface area (Å²) in [7, 11) is -2.85. The maximum atomic E-state index is 12.1. The SMILES string of the molecule is CCOC(=O)CN(C)S(=O)(=O)NC(=O)[C@@H]1C[C@H]1c1ccc(Br)cc1. The van der Waals surface area contributed by atoms with Gasteiger partial charge in [-0.2, -0.15) is 12.7 Å². The first-order valence-corrected chi connectivity index (χ1v) is 9.67. The molecule has 1 saturated carbocycles. The number of hydrogen-bond acceptors (Lipinski definition) is 5. The van der Waals surface area contributed by atoms with E-state index in [-0.39, 0.29) is 18.4 Å². The number of halogens is 1. The second-order valence-electron chi connectivity index (χ2n) is 5.53. The first-order chi connectivity index (χ1) is 11.2. The van der Waals surface area contributed by atoms with E-state index in [1.165, 1.54) is 7.05 Å². The molecule has 0 saturated heterocycles. The molecule has 7 nitrogen and oxygen atoms in total. The zero-order valence-corrected chi connectivity index (χ0v) is 15.8. The molecule has 24 heavy (non-hydrogen) atoms. The van der Waals surface area contributed by atoms with Crippen LogP contribution >= 0.6 is 15.9 Å². The summed E-state index contributed by atoms with van der Waals surface area (Å²) in [6, 6.07) is 7.58. The summed E-state index contributed by atoms with van der Waals surface area (Å²) in [6.45, 7) is 1.34. The van der Waals surface area contributed by atoms with Crippen molar-refractivity contribution in [2.75, 3.05) is 20.2 Å². The van der Waals surface area contributed by atoms with Crippen LogP contribution in [0.25, 0.3) is 0 Å². The number of carbonyl (C=O) groups excluding carboxylic acids is 2. The smallest absolute Gasteiger partial charge is 0.321 e. The normalized spacial score (nSPS) is 19.8. The number of benzene rings is 1. The second-order valence-corrected chi connectivity index (χ2v) is 8.23. The highest BCUT2D eigenvalue weighted by Gasteiger charge is 2.45. The summed E-state index contributed by atoms with van der Waals surface area (Å²) in [4.78, 5) is 23.5. The van der Waals surface area contributed by atoms with Gasteiger partial charge in [0.15, 0.2) is 0 Å². The molecule has 1 amide bonds. The van der Waals surface area contributed by atoms with Crippen molar-refractivity contribution in [3.8, 4) is 0 Å². The molecule has 1 fully saturated rings. The van der Waals surface area contributed by atoms with Gasteiger partial charge in [0.1, 0.15) is 6.54 Å². The molecule has 0 radical (unpaired) electrons. The summed E-state index contributed by atoms with van der Waals surface area (Å²) in [5.74, 6) is -1.59.